The minimum Gasteiger partial charge on any atom is -0.464 e. The van der Waals surface area contributed by atoms with Crippen LogP contribution in [-0.2, 0) is 14.8 Å². The first-order valence-electron chi connectivity index (χ1n) is 7.68. The number of rotatable bonds is 4. The summed E-state index contributed by atoms with van der Waals surface area (Å²) in [6, 6.07) is 6.60. The molecule has 3 rings (SSSR count). The lowest BCUT2D eigenvalue weighted by molar-refractivity contribution is 0.0594. The Morgan fingerprint density at radius 1 is 1.35 bits per heavy atom. The molecule has 1 atom stereocenters. The van der Waals surface area contributed by atoms with Crippen LogP contribution in [0.2, 0.25) is 0 Å². The molecule has 10 heteroatoms. The highest BCUT2D eigenvalue weighted by Gasteiger charge is 2.35. The van der Waals surface area contributed by atoms with Crippen molar-refractivity contribution in [3.63, 3.8) is 0 Å². The number of sulfonamides is 1. The number of hydrogen-bond acceptors (Lipinski definition) is 5. The number of ether oxygens (including phenoxy) is 1. The first-order valence-corrected chi connectivity index (χ1v) is 9.12. The number of methoxy groups -OCH3 is 1. The highest BCUT2D eigenvalue weighted by Crippen LogP contribution is 2.29. The van der Waals surface area contributed by atoms with Gasteiger partial charge in [0.15, 0.2) is 0 Å². The minimum atomic E-state index is -3.86. The summed E-state index contributed by atoms with van der Waals surface area (Å²) in [6.45, 7) is 1.10. The molecular weight excluding hydrogens is 385 g/mol. The smallest absolute Gasteiger partial charge is 0.354 e. The van der Waals surface area contributed by atoms with Crippen LogP contribution in [0.5, 0.6) is 0 Å². The van der Waals surface area contributed by atoms with Crippen molar-refractivity contribution >= 4 is 28.4 Å². The van der Waals surface area contributed by atoms with E-state index in [0.717, 1.165) is 0 Å². The third-order valence-electron chi connectivity index (χ3n) is 4.10. The van der Waals surface area contributed by atoms with Gasteiger partial charge in [-0.2, -0.15) is 4.31 Å². The molecule has 7 nitrogen and oxygen atoms in total. The van der Waals surface area contributed by atoms with Gasteiger partial charge in [0.05, 0.1) is 13.2 Å². The number of carbonyl (C=O) groups is 1. The quantitative estimate of drug-likeness (QED) is 0.758. The Kier molecular flexibility index (Phi) is 6.40. The van der Waals surface area contributed by atoms with E-state index in [1.54, 1.807) is 12.1 Å². The summed E-state index contributed by atoms with van der Waals surface area (Å²) in [6.07, 6.45) is 1.26. The Bertz CT molecular complexity index is 887. The first kappa shape index (κ1) is 20.4. The van der Waals surface area contributed by atoms with E-state index < -0.39 is 27.9 Å². The third kappa shape index (κ3) is 3.90. The van der Waals surface area contributed by atoms with Crippen LogP contribution in [0.4, 0.5) is 4.39 Å². The molecule has 1 saturated heterocycles. The first-order chi connectivity index (χ1) is 11.9. The summed E-state index contributed by atoms with van der Waals surface area (Å²) >= 11 is 0. The van der Waals surface area contributed by atoms with E-state index in [1.165, 1.54) is 35.8 Å². The summed E-state index contributed by atoms with van der Waals surface area (Å²) in [7, 11) is -2.65. The maximum absolute atomic E-state index is 13.6. The van der Waals surface area contributed by atoms with E-state index in [1.807, 2.05) is 0 Å². The van der Waals surface area contributed by atoms with Gasteiger partial charge >= 0.3 is 5.97 Å². The number of nitrogens with one attached hydrogen (secondary N) is 2. The monoisotopic (exact) mass is 403 g/mol. The Hall–Kier alpha value is -1.94. The van der Waals surface area contributed by atoms with Crippen LogP contribution in [0.3, 0.4) is 0 Å². The topological polar surface area (TPSA) is 91.5 Å². The molecule has 1 aliphatic heterocycles. The number of esters is 1. The van der Waals surface area contributed by atoms with Crippen molar-refractivity contribution in [2.75, 3.05) is 26.7 Å². The molecule has 1 unspecified atom stereocenters. The second-order valence-corrected chi connectivity index (χ2v) is 7.52. The van der Waals surface area contributed by atoms with Gasteiger partial charge in [-0.15, -0.1) is 12.4 Å². The van der Waals surface area contributed by atoms with Gasteiger partial charge in [0.2, 0.25) is 10.0 Å². The van der Waals surface area contributed by atoms with Crippen molar-refractivity contribution in [1.82, 2.24) is 14.6 Å². The van der Waals surface area contributed by atoms with Crippen molar-refractivity contribution in [3.05, 3.63) is 53.6 Å². The van der Waals surface area contributed by atoms with Gasteiger partial charge in [-0.1, -0.05) is 12.1 Å². The minimum absolute atomic E-state index is 0. The van der Waals surface area contributed by atoms with Gasteiger partial charge in [0, 0.05) is 25.8 Å². The van der Waals surface area contributed by atoms with Crippen molar-refractivity contribution < 1.29 is 22.3 Å². The van der Waals surface area contributed by atoms with E-state index in [4.69, 9.17) is 0 Å². The van der Waals surface area contributed by atoms with Crippen molar-refractivity contribution in [2.24, 2.45) is 0 Å². The number of aromatic amines is 1. The molecular formula is C16H19ClFN3O4S. The molecule has 0 bridgehead atoms. The fourth-order valence-electron chi connectivity index (χ4n) is 2.86. The Morgan fingerprint density at radius 3 is 2.81 bits per heavy atom. The van der Waals surface area contributed by atoms with E-state index in [-0.39, 0.29) is 29.5 Å². The van der Waals surface area contributed by atoms with E-state index >= 15 is 0 Å². The summed E-state index contributed by atoms with van der Waals surface area (Å²) < 4.78 is 45.5. The largest absolute Gasteiger partial charge is 0.464 e. The number of H-pyrrole nitrogens is 1. The fraction of sp³-hybridized carbons (Fsp3) is 0.312. The number of aromatic nitrogens is 1. The molecule has 1 aromatic heterocycles. The molecule has 26 heavy (non-hydrogen) atoms. The van der Waals surface area contributed by atoms with Crippen LogP contribution in [0.25, 0.3) is 0 Å². The Labute approximate surface area is 157 Å². The average Bonchev–Trinajstić information content (AvgIpc) is 3.12. The third-order valence-corrected chi connectivity index (χ3v) is 5.98. The van der Waals surface area contributed by atoms with Crippen molar-refractivity contribution in [2.45, 2.75) is 10.9 Å². The van der Waals surface area contributed by atoms with E-state index in [2.05, 4.69) is 15.0 Å². The van der Waals surface area contributed by atoms with Crippen molar-refractivity contribution in [3.8, 4) is 0 Å². The fourth-order valence-corrected chi connectivity index (χ4v) is 4.47. The van der Waals surface area contributed by atoms with Crippen LogP contribution >= 0.6 is 12.4 Å². The number of carbonyl (C=O) groups excluding carboxylic acids is 1. The highest BCUT2D eigenvalue weighted by molar-refractivity contribution is 7.89. The molecule has 1 aromatic carbocycles. The zero-order valence-electron chi connectivity index (χ0n) is 13.9. The lowest BCUT2D eigenvalue weighted by Crippen LogP contribution is -2.48. The van der Waals surface area contributed by atoms with E-state index in [9.17, 15) is 17.6 Å². The molecule has 2 aromatic rings. The van der Waals surface area contributed by atoms with Crippen LogP contribution in [0.15, 0.2) is 41.4 Å². The Balaban J connectivity index is 0.00000243. The molecule has 1 fully saturated rings. The molecule has 1 aliphatic rings. The molecule has 0 amide bonds. The molecule has 0 saturated carbocycles. The molecule has 142 valence electrons. The number of nitrogens with zero attached hydrogens (tertiary/aromatic N) is 1. The van der Waals surface area contributed by atoms with Crippen LogP contribution < -0.4 is 5.32 Å². The van der Waals surface area contributed by atoms with Gasteiger partial charge in [0.25, 0.3) is 0 Å². The van der Waals surface area contributed by atoms with Crippen molar-refractivity contribution in [1.29, 1.82) is 0 Å². The second kappa shape index (κ2) is 8.17. The second-order valence-electron chi connectivity index (χ2n) is 5.63. The van der Waals surface area contributed by atoms with Gasteiger partial charge in [-0.25, -0.2) is 17.6 Å². The average molecular weight is 404 g/mol. The predicted molar refractivity (Wildman–Crippen MR) is 95.3 cm³/mol. The van der Waals surface area contributed by atoms with E-state index in [0.29, 0.717) is 18.7 Å². The van der Waals surface area contributed by atoms with Crippen LogP contribution in [0.1, 0.15) is 22.1 Å². The molecule has 2 N–H and O–H groups in total. The Morgan fingerprint density at radius 2 is 2.12 bits per heavy atom. The van der Waals surface area contributed by atoms with Gasteiger partial charge in [-0.3, -0.25) is 0 Å². The maximum Gasteiger partial charge on any atom is 0.354 e. The number of piperazine rings is 1. The predicted octanol–water partition coefficient (Wildman–Crippen LogP) is 1.70. The summed E-state index contributed by atoms with van der Waals surface area (Å²) in [5.74, 6) is -1.07. The number of benzene rings is 1. The number of halogens is 2. The number of hydrogen-bond donors (Lipinski definition) is 2. The summed E-state index contributed by atoms with van der Waals surface area (Å²) in [5.41, 5.74) is 0.623. The zero-order chi connectivity index (χ0) is 18.0. The molecule has 0 radical (unpaired) electrons. The van der Waals surface area contributed by atoms with Crippen LogP contribution in [-0.4, -0.2) is 50.4 Å². The standard InChI is InChI=1S/C16H18FN3O4S.ClH/c1-24-16(21)14-8-13(9-19-14)25(22,23)20-6-5-18-10-15(20)11-3-2-4-12(17)7-11;/h2-4,7-9,15,18-19H,5-6,10H2,1H3;1H. The van der Waals surface area contributed by atoms with Crippen LogP contribution in [0, 0.1) is 5.82 Å². The lowest BCUT2D eigenvalue weighted by atomic mass is 10.1. The highest BCUT2D eigenvalue weighted by atomic mass is 35.5. The lowest BCUT2D eigenvalue weighted by Gasteiger charge is -2.35. The molecule has 0 aliphatic carbocycles. The normalized spacial score (nSPS) is 18.2. The van der Waals surface area contributed by atoms with Gasteiger partial charge in [0.1, 0.15) is 16.4 Å². The summed E-state index contributed by atoms with van der Waals surface area (Å²) in [4.78, 5) is 14.1. The zero-order valence-corrected chi connectivity index (χ0v) is 15.6. The SMILES string of the molecule is COC(=O)c1cc(S(=O)(=O)N2CCNCC2c2cccc(F)c2)c[nH]1.Cl. The van der Waals surface area contributed by atoms with Gasteiger partial charge in [-0.05, 0) is 23.8 Å². The molecule has 2 heterocycles. The summed E-state index contributed by atoms with van der Waals surface area (Å²) in [5, 5.41) is 3.13. The molecule has 0 spiro atoms. The van der Waals surface area contributed by atoms with Gasteiger partial charge < -0.3 is 15.0 Å². The maximum atomic E-state index is 13.6.